The van der Waals surface area contributed by atoms with E-state index in [9.17, 15) is 0 Å². The highest BCUT2D eigenvalue weighted by Crippen LogP contribution is 2.17. The maximum absolute atomic E-state index is 3.46. The van der Waals surface area contributed by atoms with Gasteiger partial charge in [0.15, 0.2) is 0 Å². The smallest absolute Gasteiger partial charge is 0.0334 e. The first-order chi connectivity index (χ1) is 6.77. The quantitative estimate of drug-likeness (QED) is 0.802. The van der Waals surface area contributed by atoms with Gasteiger partial charge >= 0.3 is 0 Å². The minimum atomic E-state index is 0.654. The molecule has 0 radical (unpaired) electrons. The van der Waals surface area contributed by atoms with Gasteiger partial charge in [-0.25, -0.2) is 0 Å². The Labute approximate surface area is 89.9 Å². The standard InChI is InChI=1S/C11H18N2S/c1-9-6-12-7-10(2)13(9)8-11-4-3-5-14-11/h3-5,9-10,12H,6-8H2,1-2H3/t9-,10+. The number of rotatable bonds is 2. The third kappa shape index (κ3) is 2.16. The molecule has 1 aliphatic rings. The van der Waals surface area contributed by atoms with Crippen LogP contribution in [0.25, 0.3) is 0 Å². The van der Waals surface area contributed by atoms with Crippen molar-refractivity contribution < 1.29 is 0 Å². The molecule has 0 bridgehead atoms. The van der Waals surface area contributed by atoms with Crippen molar-refractivity contribution in [1.82, 2.24) is 10.2 Å². The summed E-state index contributed by atoms with van der Waals surface area (Å²) < 4.78 is 0. The average molecular weight is 210 g/mol. The summed E-state index contributed by atoms with van der Waals surface area (Å²) in [6.07, 6.45) is 0. The molecule has 1 aliphatic heterocycles. The molecule has 1 fully saturated rings. The molecular formula is C11H18N2S. The summed E-state index contributed by atoms with van der Waals surface area (Å²) in [7, 11) is 0. The van der Waals surface area contributed by atoms with Crippen molar-refractivity contribution in [3.05, 3.63) is 22.4 Å². The van der Waals surface area contributed by atoms with E-state index in [4.69, 9.17) is 0 Å². The van der Waals surface area contributed by atoms with Crippen molar-refractivity contribution in [2.75, 3.05) is 13.1 Å². The van der Waals surface area contributed by atoms with Crippen LogP contribution in [0.3, 0.4) is 0 Å². The fourth-order valence-electron chi connectivity index (χ4n) is 2.06. The zero-order valence-corrected chi connectivity index (χ0v) is 9.68. The van der Waals surface area contributed by atoms with Crippen LogP contribution in [0, 0.1) is 0 Å². The average Bonchev–Trinajstić information content (AvgIpc) is 2.64. The Kier molecular flexibility index (Phi) is 3.21. The Bertz CT molecular complexity index is 261. The van der Waals surface area contributed by atoms with Crippen molar-refractivity contribution in [2.24, 2.45) is 0 Å². The number of hydrogen-bond acceptors (Lipinski definition) is 3. The van der Waals surface area contributed by atoms with Crippen LogP contribution in [0.2, 0.25) is 0 Å². The van der Waals surface area contributed by atoms with Gasteiger partial charge < -0.3 is 5.32 Å². The van der Waals surface area contributed by atoms with Crippen LogP contribution in [0.1, 0.15) is 18.7 Å². The second kappa shape index (κ2) is 4.43. The molecule has 2 atom stereocenters. The molecule has 1 aromatic heterocycles. The largest absolute Gasteiger partial charge is 0.314 e. The SMILES string of the molecule is C[C@@H]1CNC[C@H](C)N1Cc1cccs1. The van der Waals surface area contributed by atoms with Crippen molar-refractivity contribution in [1.29, 1.82) is 0 Å². The van der Waals surface area contributed by atoms with E-state index in [0.717, 1.165) is 19.6 Å². The van der Waals surface area contributed by atoms with Crippen molar-refractivity contribution >= 4 is 11.3 Å². The van der Waals surface area contributed by atoms with Gasteiger partial charge in [0.2, 0.25) is 0 Å². The molecule has 0 aromatic carbocycles. The van der Waals surface area contributed by atoms with E-state index in [1.165, 1.54) is 4.88 Å². The lowest BCUT2D eigenvalue weighted by Gasteiger charge is -2.39. The molecule has 2 rings (SSSR count). The van der Waals surface area contributed by atoms with Crippen LogP contribution >= 0.6 is 11.3 Å². The van der Waals surface area contributed by atoms with Crippen LogP contribution in [0.15, 0.2) is 17.5 Å². The summed E-state index contributed by atoms with van der Waals surface area (Å²) >= 11 is 1.86. The van der Waals surface area contributed by atoms with Crippen LogP contribution in [0.5, 0.6) is 0 Å². The monoisotopic (exact) mass is 210 g/mol. The first-order valence-electron chi connectivity index (χ1n) is 5.26. The molecule has 2 nitrogen and oxygen atoms in total. The maximum atomic E-state index is 3.46. The zero-order valence-electron chi connectivity index (χ0n) is 8.86. The first kappa shape index (κ1) is 10.1. The van der Waals surface area contributed by atoms with Crippen molar-refractivity contribution in [3.63, 3.8) is 0 Å². The van der Waals surface area contributed by atoms with E-state index >= 15 is 0 Å². The van der Waals surface area contributed by atoms with E-state index in [1.807, 2.05) is 11.3 Å². The molecule has 1 aromatic rings. The minimum Gasteiger partial charge on any atom is -0.314 e. The highest BCUT2D eigenvalue weighted by atomic mass is 32.1. The minimum absolute atomic E-state index is 0.654. The maximum Gasteiger partial charge on any atom is 0.0334 e. The van der Waals surface area contributed by atoms with E-state index in [1.54, 1.807) is 0 Å². The molecule has 1 N–H and O–H groups in total. The second-order valence-corrected chi connectivity index (χ2v) is 5.14. The molecule has 0 unspecified atom stereocenters. The molecule has 0 saturated carbocycles. The summed E-state index contributed by atoms with van der Waals surface area (Å²) in [5.74, 6) is 0. The van der Waals surface area contributed by atoms with E-state index in [-0.39, 0.29) is 0 Å². The van der Waals surface area contributed by atoms with Gasteiger partial charge in [0.25, 0.3) is 0 Å². The molecule has 0 aliphatic carbocycles. The lowest BCUT2D eigenvalue weighted by molar-refractivity contribution is 0.110. The Morgan fingerprint density at radius 1 is 1.43 bits per heavy atom. The van der Waals surface area contributed by atoms with Gasteiger partial charge in [0, 0.05) is 36.6 Å². The topological polar surface area (TPSA) is 15.3 Å². The normalized spacial score (nSPS) is 29.3. The van der Waals surface area contributed by atoms with Crippen LogP contribution in [0.4, 0.5) is 0 Å². The summed E-state index contributed by atoms with van der Waals surface area (Å²) in [4.78, 5) is 4.06. The number of nitrogens with one attached hydrogen (secondary N) is 1. The molecule has 1 saturated heterocycles. The molecule has 0 spiro atoms. The zero-order chi connectivity index (χ0) is 9.97. The third-order valence-corrected chi connectivity index (χ3v) is 3.79. The van der Waals surface area contributed by atoms with E-state index in [0.29, 0.717) is 12.1 Å². The van der Waals surface area contributed by atoms with Gasteiger partial charge in [-0.3, -0.25) is 4.90 Å². The molecule has 3 heteroatoms. The number of hydrogen-bond donors (Lipinski definition) is 1. The third-order valence-electron chi connectivity index (χ3n) is 2.93. The molecule has 0 amide bonds. The second-order valence-electron chi connectivity index (χ2n) is 4.11. The van der Waals surface area contributed by atoms with Crippen LogP contribution in [-0.4, -0.2) is 30.1 Å². The van der Waals surface area contributed by atoms with Gasteiger partial charge in [-0.1, -0.05) is 6.07 Å². The van der Waals surface area contributed by atoms with Gasteiger partial charge in [-0.15, -0.1) is 11.3 Å². The summed E-state index contributed by atoms with van der Waals surface area (Å²) in [5, 5.41) is 5.62. The molecule has 2 heterocycles. The highest BCUT2D eigenvalue weighted by molar-refractivity contribution is 7.09. The first-order valence-corrected chi connectivity index (χ1v) is 6.14. The van der Waals surface area contributed by atoms with Gasteiger partial charge in [-0.2, -0.15) is 0 Å². The number of thiophene rings is 1. The number of piperazine rings is 1. The molecule has 14 heavy (non-hydrogen) atoms. The van der Waals surface area contributed by atoms with Crippen molar-refractivity contribution in [2.45, 2.75) is 32.5 Å². The van der Waals surface area contributed by atoms with Crippen molar-refractivity contribution in [3.8, 4) is 0 Å². The summed E-state index contributed by atoms with van der Waals surface area (Å²) in [5.41, 5.74) is 0. The van der Waals surface area contributed by atoms with Crippen LogP contribution < -0.4 is 5.32 Å². The highest BCUT2D eigenvalue weighted by Gasteiger charge is 2.24. The summed E-state index contributed by atoms with van der Waals surface area (Å²) in [6.45, 7) is 7.96. The summed E-state index contributed by atoms with van der Waals surface area (Å²) in [6, 6.07) is 5.67. The Morgan fingerprint density at radius 2 is 2.14 bits per heavy atom. The molecular weight excluding hydrogens is 192 g/mol. The van der Waals surface area contributed by atoms with Gasteiger partial charge in [0.05, 0.1) is 0 Å². The van der Waals surface area contributed by atoms with E-state index < -0.39 is 0 Å². The molecule has 78 valence electrons. The predicted octanol–water partition coefficient (Wildman–Crippen LogP) is 1.93. The van der Waals surface area contributed by atoms with Gasteiger partial charge in [0.1, 0.15) is 0 Å². The van der Waals surface area contributed by atoms with Crippen LogP contribution in [-0.2, 0) is 6.54 Å². The fourth-order valence-corrected chi connectivity index (χ4v) is 2.78. The van der Waals surface area contributed by atoms with Gasteiger partial charge in [-0.05, 0) is 25.3 Å². The lowest BCUT2D eigenvalue weighted by atomic mass is 10.1. The fraction of sp³-hybridized carbons (Fsp3) is 0.636. The Hall–Kier alpha value is -0.380. The predicted molar refractivity (Wildman–Crippen MR) is 61.7 cm³/mol. The Balaban J connectivity index is 2.01. The number of nitrogens with zero attached hydrogens (tertiary/aromatic N) is 1. The Morgan fingerprint density at radius 3 is 2.71 bits per heavy atom. The van der Waals surface area contributed by atoms with E-state index in [2.05, 4.69) is 41.6 Å². The lowest BCUT2D eigenvalue weighted by Crippen LogP contribution is -2.54.